The molecule has 1 heterocycles. The molecule has 1 rings (SSSR count). The Labute approximate surface area is 116 Å². The molecular weight excluding hydrogens is 244 g/mol. The molecule has 1 amide bonds. The van der Waals surface area contributed by atoms with E-state index in [0.29, 0.717) is 13.2 Å². The van der Waals surface area contributed by atoms with Crippen LogP contribution in [0.15, 0.2) is 0 Å². The number of rotatable bonds is 5. The summed E-state index contributed by atoms with van der Waals surface area (Å²) in [5, 5.41) is 12.6. The summed E-state index contributed by atoms with van der Waals surface area (Å²) in [6, 6.07) is 0. The number of likely N-dealkylation sites (tertiary alicyclic amines) is 1. The zero-order valence-corrected chi connectivity index (χ0v) is 12.6. The number of aliphatic hydroxyl groups excluding tert-OH is 1. The smallest absolute Gasteiger partial charge is 0.222 e. The molecule has 0 spiro atoms. The number of carbonyl (C=O) groups is 1. The van der Waals surface area contributed by atoms with Gasteiger partial charge >= 0.3 is 0 Å². The highest BCUT2D eigenvalue weighted by Crippen LogP contribution is 2.17. The van der Waals surface area contributed by atoms with E-state index in [1.54, 1.807) is 7.05 Å². The first-order valence-electron chi connectivity index (χ1n) is 7.08. The molecule has 0 bridgehead atoms. The molecule has 0 aliphatic carbocycles. The summed E-state index contributed by atoms with van der Waals surface area (Å²) < 4.78 is 5.57. The van der Waals surface area contributed by atoms with Crippen LogP contribution in [-0.2, 0) is 9.53 Å². The Kier molecular flexibility index (Phi) is 6.23. The fourth-order valence-corrected chi connectivity index (χ4v) is 2.28. The summed E-state index contributed by atoms with van der Waals surface area (Å²) in [5.41, 5.74) is -0.215. The summed E-state index contributed by atoms with van der Waals surface area (Å²) in [7, 11) is 1.68. The molecule has 1 fully saturated rings. The van der Waals surface area contributed by atoms with E-state index in [4.69, 9.17) is 4.74 Å². The van der Waals surface area contributed by atoms with E-state index in [0.717, 1.165) is 25.9 Å². The Balaban J connectivity index is 2.23. The van der Waals surface area contributed by atoms with Gasteiger partial charge in [-0.25, -0.2) is 0 Å². The van der Waals surface area contributed by atoms with Crippen LogP contribution in [0.4, 0.5) is 0 Å². The fourth-order valence-electron chi connectivity index (χ4n) is 2.28. The molecule has 0 saturated carbocycles. The molecule has 112 valence electrons. The lowest BCUT2D eigenvalue weighted by molar-refractivity contribution is -0.126. The number of hydrogen-bond donors (Lipinski definition) is 2. The predicted octanol–water partition coefficient (Wildman–Crippen LogP) is 0.620. The molecular formula is C14H28N2O3. The van der Waals surface area contributed by atoms with Gasteiger partial charge < -0.3 is 20.1 Å². The Hall–Kier alpha value is -0.650. The van der Waals surface area contributed by atoms with Crippen molar-refractivity contribution in [2.45, 2.75) is 45.3 Å². The molecule has 0 radical (unpaired) electrons. The third-order valence-electron chi connectivity index (χ3n) is 3.38. The number of nitrogens with zero attached hydrogens (tertiary/aromatic N) is 1. The molecule has 1 unspecified atom stereocenters. The van der Waals surface area contributed by atoms with E-state index in [9.17, 15) is 9.90 Å². The Bertz CT molecular complexity index is 281. The van der Waals surface area contributed by atoms with E-state index in [-0.39, 0.29) is 17.4 Å². The van der Waals surface area contributed by atoms with Crippen LogP contribution in [-0.4, -0.2) is 60.9 Å². The second-order valence-electron chi connectivity index (χ2n) is 6.27. The van der Waals surface area contributed by atoms with Crippen LogP contribution in [0.1, 0.15) is 33.6 Å². The zero-order chi connectivity index (χ0) is 14.5. The maximum Gasteiger partial charge on any atom is 0.222 e. The molecule has 19 heavy (non-hydrogen) atoms. The van der Waals surface area contributed by atoms with Crippen molar-refractivity contribution in [1.29, 1.82) is 0 Å². The maximum atomic E-state index is 11.5. The Morgan fingerprint density at radius 3 is 2.47 bits per heavy atom. The van der Waals surface area contributed by atoms with Crippen LogP contribution < -0.4 is 5.32 Å². The van der Waals surface area contributed by atoms with Gasteiger partial charge in [-0.15, -0.1) is 0 Å². The molecule has 5 heteroatoms. The van der Waals surface area contributed by atoms with Gasteiger partial charge in [0.05, 0.1) is 18.3 Å². The molecule has 0 aromatic carbocycles. The van der Waals surface area contributed by atoms with Gasteiger partial charge in [-0.2, -0.15) is 0 Å². The molecule has 2 N–H and O–H groups in total. The lowest BCUT2D eigenvalue weighted by atomic mass is 9.96. The van der Waals surface area contributed by atoms with Gasteiger partial charge in [-0.1, -0.05) is 0 Å². The third-order valence-corrected chi connectivity index (χ3v) is 3.38. The number of ether oxygens (including phenoxy) is 1. The normalized spacial score (nSPS) is 20.3. The second-order valence-corrected chi connectivity index (χ2v) is 6.27. The maximum absolute atomic E-state index is 11.5. The van der Waals surface area contributed by atoms with Crippen LogP contribution in [0.25, 0.3) is 0 Å². The quantitative estimate of drug-likeness (QED) is 0.770. The third kappa shape index (κ3) is 6.36. The van der Waals surface area contributed by atoms with Crippen LogP contribution >= 0.6 is 0 Å². The van der Waals surface area contributed by atoms with Gasteiger partial charge in [0, 0.05) is 19.5 Å². The lowest BCUT2D eigenvalue weighted by Crippen LogP contribution is -2.43. The minimum Gasteiger partial charge on any atom is -0.389 e. The SMILES string of the molecule is CNC(=O)C1CCN(CC(O)COC(C)(C)C)CC1. The van der Waals surface area contributed by atoms with Gasteiger partial charge in [-0.05, 0) is 46.7 Å². The van der Waals surface area contributed by atoms with E-state index in [1.807, 2.05) is 20.8 Å². The number of nitrogens with one attached hydrogen (secondary N) is 1. The lowest BCUT2D eigenvalue weighted by Gasteiger charge is -2.32. The van der Waals surface area contributed by atoms with Gasteiger partial charge in [0.15, 0.2) is 0 Å². The average molecular weight is 272 g/mol. The first kappa shape index (κ1) is 16.4. The number of piperidine rings is 1. The molecule has 5 nitrogen and oxygen atoms in total. The van der Waals surface area contributed by atoms with E-state index in [1.165, 1.54) is 0 Å². The van der Waals surface area contributed by atoms with Crippen molar-refractivity contribution in [3.63, 3.8) is 0 Å². The Morgan fingerprint density at radius 2 is 2.00 bits per heavy atom. The summed E-state index contributed by atoms with van der Waals surface area (Å²) >= 11 is 0. The van der Waals surface area contributed by atoms with Crippen molar-refractivity contribution in [3.8, 4) is 0 Å². The van der Waals surface area contributed by atoms with E-state index < -0.39 is 6.10 Å². The van der Waals surface area contributed by atoms with Crippen molar-refractivity contribution in [2.75, 3.05) is 33.3 Å². The highest BCUT2D eigenvalue weighted by Gasteiger charge is 2.25. The highest BCUT2D eigenvalue weighted by molar-refractivity contribution is 5.78. The van der Waals surface area contributed by atoms with Crippen molar-refractivity contribution in [2.24, 2.45) is 5.92 Å². The van der Waals surface area contributed by atoms with Crippen molar-refractivity contribution >= 4 is 5.91 Å². The number of amides is 1. The summed E-state index contributed by atoms with van der Waals surface area (Å²) in [6.07, 6.45) is 1.27. The Morgan fingerprint density at radius 1 is 1.42 bits per heavy atom. The monoisotopic (exact) mass is 272 g/mol. The van der Waals surface area contributed by atoms with Gasteiger partial charge in [-0.3, -0.25) is 4.79 Å². The van der Waals surface area contributed by atoms with Crippen molar-refractivity contribution < 1.29 is 14.6 Å². The molecule has 1 saturated heterocycles. The summed E-state index contributed by atoms with van der Waals surface area (Å²) in [5.74, 6) is 0.264. The molecule has 0 aromatic rings. The highest BCUT2D eigenvalue weighted by atomic mass is 16.5. The number of hydrogen-bond acceptors (Lipinski definition) is 4. The molecule has 0 aromatic heterocycles. The predicted molar refractivity (Wildman–Crippen MR) is 74.9 cm³/mol. The fraction of sp³-hybridized carbons (Fsp3) is 0.929. The number of aliphatic hydroxyl groups is 1. The standard InChI is InChI=1S/C14H28N2O3/c1-14(2,3)19-10-12(17)9-16-7-5-11(6-8-16)13(18)15-4/h11-12,17H,5-10H2,1-4H3,(H,15,18). The molecule has 1 aliphatic heterocycles. The second kappa shape index (κ2) is 7.22. The van der Waals surface area contributed by atoms with Crippen molar-refractivity contribution in [1.82, 2.24) is 10.2 Å². The van der Waals surface area contributed by atoms with Crippen LogP contribution in [0.3, 0.4) is 0 Å². The van der Waals surface area contributed by atoms with Gasteiger partial charge in [0.2, 0.25) is 5.91 Å². The summed E-state index contributed by atoms with van der Waals surface area (Å²) in [4.78, 5) is 13.7. The van der Waals surface area contributed by atoms with Gasteiger partial charge in [0.25, 0.3) is 0 Å². The van der Waals surface area contributed by atoms with Crippen molar-refractivity contribution in [3.05, 3.63) is 0 Å². The van der Waals surface area contributed by atoms with Gasteiger partial charge in [0.1, 0.15) is 0 Å². The minimum atomic E-state index is -0.462. The van der Waals surface area contributed by atoms with E-state index in [2.05, 4.69) is 10.2 Å². The average Bonchev–Trinajstić information content (AvgIpc) is 2.35. The first-order valence-corrected chi connectivity index (χ1v) is 7.08. The van der Waals surface area contributed by atoms with Crippen LogP contribution in [0.2, 0.25) is 0 Å². The largest absolute Gasteiger partial charge is 0.389 e. The first-order chi connectivity index (χ1) is 8.81. The van der Waals surface area contributed by atoms with Crippen LogP contribution in [0.5, 0.6) is 0 Å². The van der Waals surface area contributed by atoms with E-state index >= 15 is 0 Å². The molecule has 1 aliphatic rings. The number of carbonyl (C=O) groups excluding carboxylic acids is 1. The number of β-amino-alcohol motifs (C(OH)–C–C–N with tert-alkyl or cyclic N) is 1. The molecule has 1 atom stereocenters. The topological polar surface area (TPSA) is 61.8 Å². The zero-order valence-electron chi connectivity index (χ0n) is 12.6. The minimum absolute atomic E-state index is 0.129. The summed E-state index contributed by atoms with van der Waals surface area (Å²) in [6.45, 7) is 8.66. The van der Waals surface area contributed by atoms with Crippen LogP contribution in [0, 0.1) is 5.92 Å².